The van der Waals surface area contributed by atoms with E-state index in [1.54, 1.807) is 23.1 Å². The summed E-state index contributed by atoms with van der Waals surface area (Å²) >= 11 is 0. The smallest absolute Gasteiger partial charge is 0.246 e. The van der Waals surface area contributed by atoms with Crippen molar-refractivity contribution in [1.82, 2.24) is 4.90 Å². The lowest BCUT2D eigenvalue weighted by Crippen LogP contribution is -2.45. The standard InChI is InChI=1S/C21H22FNO3/c1-15-13-23(14-20(26-15)17-6-4-3-5-7-17)21(24)11-9-16-8-10-19(25-2)18(22)12-16/h3-12,15,20H,13-14H2,1-2H3. The molecule has 26 heavy (non-hydrogen) atoms. The molecule has 2 aromatic rings. The van der Waals surface area contributed by atoms with Gasteiger partial charge in [-0.15, -0.1) is 0 Å². The number of rotatable bonds is 4. The van der Waals surface area contributed by atoms with Gasteiger partial charge in [0.05, 0.1) is 19.8 Å². The van der Waals surface area contributed by atoms with Gasteiger partial charge in [-0.25, -0.2) is 4.39 Å². The molecular formula is C21H22FNO3. The number of morpholine rings is 1. The fourth-order valence-electron chi connectivity index (χ4n) is 3.04. The maximum atomic E-state index is 13.7. The molecule has 4 nitrogen and oxygen atoms in total. The maximum Gasteiger partial charge on any atom is 0.246 e. The number of benzene rings is 2. The van der Waals surface area contributed by atoms with Gasteiger partial charge in [0.15, 0.2) is 11.6 Å². The maximum absolute atomic E-state index is 13.7. The fourth-order valence-corrected chi connectivity index (χ4v) is 3.04. The molecule has 2 aromatic carbocycles. The first kappa shape index (κ1) is 18.1. The number of nitrogens with zero attached hydrogens (tertiary/aromatic N) is 1. The van der Waals surface area contributed by atoms with Crippen LogP contribution in [0.25, 0.3) is 6.08 Å². The highest BCUT2D eigenvalue weighted by Crippen LogP contribution is 2.25. The Morgan fingerprint density at radius 2 is 2.00 bits per heavy atom. The fraction of sp³-hybridized carbons (Fsp3) is 0.286. The number of methoxy groups -OCH3 is 1. The van der Waals surface area contributed by atoms with Gasteiger partial charge in [0.1, 0.15) is 6.10 Å². The van der Waals surface area contributed by atoms with Crippen LogP contribution in [-0.2, 0) is 9.53 Å². The molecule has 0 aliphatic carbocycles. The van der Waals surface area contributed by atoms with E-state index < -0.39 is 5.82 Å². The summed E-state index contributed by atoms with van der Waals surface area (Å²) in [6, 6.07) is 14.5. The van der Waals surface area contributed by atoms with Crippen molar-refractivity contribution < 1.29 is 18.7 Å². The van der Waals surface area contributed by atoms with Crippen LogP contribution < -0.4 is 4.74 Å². The molecule has 0 spiro atoms. The summed E-state index contributed by atoms with van der Waals surface area (Å²) < 4.78 is 24.6. The molecule has 0 bridgehead atoms. The first-order valence-electron chi connectivity index (χ1n) is 8.57. The van der Waals surface area contributed by atoms with Gasteiger partial charge >= 0.3 is 0 Å². The molecule has 0 saturated carbocycles. The third-order valence-electron chi connectivity index (χ3n) is 4.34. The van der Waals surface area contributed by atoms with E-state index in [1.807, 2.05) is 37.3 Å². The Labute approximate surface area is 152 Å². The molecule has 2 unspecified atom stereocenters. The molecule has 0 N–H and O–H groups in total. The zero-order chi connectivity index (χ0) is 18.5. The van der Waals surface area contributed by atoms with Crippen molar-refractivity contribution in [1.29, 1.82) is 0 Å². The van der Waals surface area contributed by atoms with Crippen molar-refractivity contribution >= 4 is 12.0 Å². The second-order valence-electron chi connectivity index (χ2n) is 6.32. The molecule has 1 amide bonds. The van der Waals surface area contributed by atoms with E-state index in [9.17, 15) is 9.18 Å². The van der Waals surface area contributed by atoms with Crippen LogP contribution in [-0.4, -0.2) is 37.1 Å². The van der Waals surface area contributed by atoms with Crippen LogP contribution in [0.2, 0.25) is 0 Å². The van der Waals surface area contributed by atoms with Crippen LogP contribution in [0.5, 0.6) is 5.75 Å². The Hall–Kier alpha value is -2.66. The van der Waals surface area contributed by atoms with Gasteiger partial charge in [0, 0.05) is 12.6 Å². The normalized spacial score (nSPS) is 20.3. The number of halogens is 1. The van der Waals surface area contributed by atoms with Crippen LogP contribution in [0.15, 0.2) is 54.6 Å². The molecule has 0 radical (unpaired) electrons. The number of amides is 1. The quantitative estimate of drug-likeness (QED) is 0.783. The highest BCUT2D eigenvalue weighted by molar-refractivity contribution is 5.91. The lowest BCUT2D eigenvalue weighted by Gasteiger charge is -2.36. The molecule has 3 rings (SSSR count). The molecule has 1 fully saturated rings. The number of carbonyl (C=O) groups excluding carboxylic acids is 1. The summed E-state index contributed by atoms with van der Waals surface area (Å²) in [5, 5.41) is 0. The lowest BCUT2D eigenvalue weighted by molar-refractivity contribution is -0.139. The van der Waals surface area contributed by atoms with E-state index in [0.717, 1.165) is 5.56 Å². The third-order valence-corrected chi connectivity index (χ3v) is 4.34. The molecule has 1 aliphatic heterocycles. The number of hydrogen-bond acceptors (Lipinski definition) is 3. The lowest BCUT2D eigenvalue weighted by atomic mass is 10.1. The first-order chi connectivity index (χ1) is 12.6. The van der Waals surface area contributed by atoms with E-state index in [1.165, 1.54) is 19.3 Å². The summed E-state index contributed by atoms with van der Waals surface area (Å²) in [5.41, 5.74) is 1.66. The Balaban J connectivity index is 1.69. The third kappa shape index (κ3) is 4.29. The minimum absolute atomic E-state index is 0.0512. The van der Waals surface area contributed by atoms with E-state index in [4.69, 9.17) is 9.47 Å². The molecule has 0 aromatic heterocycles. The minimum Gasteiger partial charge on any atom is -0.494 e. The summed E-state index contributed by atoms with van der Waals surface area (Å²) in [6.45, 7) is 2.98. The number of hydrogen-bond donors (Lipinski definition) is 0. The molecule has 2 atom stereocenters. The van der Waals surface area contributed by atoms with Crippen molar-refractivity contribution in [3.05, 3.63) is 71.6 Å². The predicted molar refractivity (Wildman–Crippen MR) is 98.3 cm³/mol. The number of ether oxygens (including phenoxy) is 2. The van der Waals surface area contributed by atoms with Gasteiger partial charge in [-0.2, -0.15) is 0 Å². The summed E-state index contributed by atoms with van der Waals surface area (Å²) in [6.07, 6.45) is 2.89. The van der Waals surface area contributed by atoms with Gasteiger partial charge in [0.25, 0.3) is 0 Å². The molecular weight excluding hydrogens is 333 g/mol. The molecule has 1 heterocycles. The zero-order valence-corrected chi connectivity index (χ0v) is 14.9. The van der Waals surface area contributed by atoms with E-state index in [0.29, 0.717) is 18.7 Å². The van der Waals surface area contributed by atoms with Gasteiger partial charge in [-0.05, 0) is 36.3 Å². The Bertz CT molecular complexity index is 791. The Morgan fingerprint density at radius 3 is 2.69 bits per heavy atom. The van der Waals surface area contributed by atoms with Crippen LogP contribution in [0, 0.1) is 5.82 Å². The van der Waals surface area contributed by atoms with Crippen molar-refractivity contribution in [2.75, 3.05) is 20.2 Å². The van der Waals surface area contributed by atoms with Crippen molar-refractivity contribution in [3.8, 4) is 5.75 Å². The second-order valence-corrected chi connectivity index (χ2v) is 6.32. The molecule has 5 heteroatoms. The van der Waals surface area contributed by atoms with Crippen molar-refractivity contribution in [3.63, 3.8) is 0 Å². The summed E-state index contributed by atoms with van der Waals surface area (Å²) in [7, 11) is 1.42. The van der Waals surface area contributed by atoms with Crippen molar-refractivity contribution in [2.24, 2.45) is 0 Å². The minimum atomic E-state index is -0.453. The van der Waals surface area contributed by atoms with Crippen LogP contribution in [0.3, 0.4) is 0 Å². The average molecular weight is 355 g/mol. The molecule has 1 aliphatic rings. The van der Waals surface area contributed by atoms with E-state index >= 15 is 0 Å². The van der Waals surface area contributed by atoms with Crippen LogP contribution >= 0.6 is 0 Å². The van der Waals surface area contributed by atoms with E-state index in [2.05, 4.69) is 0 Å². The SMILES string of the molecule is COc1ccc(C=CC(=O)N2CC(C)OC(c3ccccc3)C2)cc1F. The topological polar surface area (TPSA) is 38.8 Å². The van der Waals surface area contributed by atoms with E-state index in [-0.39, 0.29) is 23.9 Å². The highest BCUT2D eigenvalue weighted by atomic mass is 19.1. The Kier molecular flexibility index (Phi) is 5.68. The summed E-state index contributed by atoms with van der Waals surface area (Å²) in [5.74, 6) is -0.385. The zero-order valence-electron chi connectivity index (χ0n) is 14.9. The number of carbonyl (C=O) groups is 1. The van der Waals surface area contributed by atoms with Gasteiger partial charge < -0.3 is 14.4 Å². The highest BCUT2D eigenvalue weighted by Gasteiger charge is 2.28. The largest absolute Gasteiger partial charge is 0.494 e. The first-order valence-corrected chi connectivity index (χ1v) is 8.57. The molecule has 136 valence electrons. The van der Waals surface area contributed by atoms with Gasteiger partial charge in [-0.1, -0.05) is 36.4 Å². The van der Waals surface area contributed by atoms with Gasteiger partial charge in [0.2, 0.25) is 5.91 Å². The molecule has 1 saturated heterocycles. The van der Waals surface area contributed by atoms with Crippen LogP contribution in [0.4, 0.5) is 4.39 Å². The second kappa shape index (κ2) is 8.15. The van der Waals surface area contributed by atoms with Gasteiger partial charge in [-0.3, -0.25) is 4.79 Å². The summed E-state index contributed by atoms with van der Waals surface area (Å²) in [4.78, 5) is 14.3. The van der Waals surface area contributed by atoms with Crippen molar-refractivity contribution in [2.45, 2.75) is 19.1 Å². The monoisotopic (exact) mass is 355 g/mol. The average Bonchev–Trinajstić information content (AvgIpc) is 2.66. The Morgan fingerprint density at radius 1 is 1.23 bits per heavy atom. The van der Waals surface area contributed by atoms with Crippen LogP contribution in [0.1, 0.15) is 24.2 Å². The predicted octanol–water partition coefficient (Wildman–Crippen LogP) is 3.84.